The van der Waals surface area contributed by atoms with Crippen molar-refractivity contribution >= 4 is 79.9 Å². The van der Waals surface area contributed by atoms with Crippen molar-refractivity contribution in [2.45, 2.75) is 38.9 Å². The molecule has 30 heteroatoms. The first-order chi connectivity index (χ1) is 35.3. The standard InChI is InChI=1S/C40BF28.C6H15Si/c42-13-1-5(25(54)37(66)33(62)21(1)50)17(46)29(58)9(13)41(10-14(43)2-6(18(47)30(10)59)26(55)38(67)34(63)22(2)51,11-15(44)3-7(19(48)31(11)60)27(56)39(68)35(64)23(3)52)12-16(45)4-8(20(49)32(12)61)28(57)40(69)36(65)24(4)53;1-4-7(5-2)6-3/h;4-6H2,1-3H3/q-1;. The topological polar surface area (TPSA) is 0 Å². The van der Waals surface area contributed by atoms with Crippen LogP contribution in [0.15, 0.2) is 0 Å². The molecule has 8 rings (SSSR count). The summed E-state index contributed by atoms with van der Waals surface area (Å²) in [5.41, 5.74) is -15.9. The van der Waals surface area contributed by atoms with E-state index in [4.69, 9.17) is 0 Å². The Bertz CT molecular complexity index is 3400. The molecule has 0 N–H and O–H groups in total. The van der Waals surface area contributed by atoms with Gasteiger partial charge in [-0.15, -0.1) is 21.9 Å². The lowest BCUT2D eigenvalue weighted by Crippen LogP contribution is -2.80. The molecule has 0 saturated heterocycles. The van der Waals surface area contributed by atoms with Crippen LogP contribution in [0.1, 0.15) is 20.8 Å². The van der Waals surface area contributed by atoms with Gasteiger partial charge in [0.1, 0.15) is 52.7 Å². The van der Waals surface area contributed by atoms with Crippen LogP contribution in [0.5, 0.6) is 0 Å². The number of rotatable bonds is 7. The third kappa shape index (κ3) is 7.40. The molecule has 0 heterocycles. The Balaban J connectivity index is 0.00000112. The molecular weight excluding hydrogens is 1120 g/mol. The van der Waals surface area contributed by atoms with E-state index in [2.05, 4.69) is 20.8 Å². The van der Waals surface area contributed by atoms with Gasteiger partial charge >= 0.3 is 0 Å². The fourth-order valence-electron chi connectivity index (χ4n) is 9.15. The van der Waals surface area contributed by atoms with Crippen molar-refractivity contribution in [3.05, 3.63) is 163 Å². The summed E-state index contributed by atoms with van der Waals surface area (Å²) in [6.45, 7) is 6.92. The fourth-order valence-corrected chi connectivity index (χ4v) is 10.6. The molecule has 76 heavy (non-hydrogen) atoms. The smallest absolute Gasteiger partial charge is 0.198 e. The summed E-state index contributed by atoms with van der Waals surface area (Å²) in [5, 5.41) is -25.0. The van der Waals surface area contributed by atoms with Crippen LogP contribution in [0, 0.1) is 163 Å². The minimum absolute atomic E-state index is 0.137. The third-order valence-electron chi connectivity index (χ3n) is 12.7. The minimum atomic E-state index is -7.99. The Hall–Kier alpha value is -6.88. The second-order valence-corrected chi connectivity index (χ2v) is 19.7. The number of fused-ring (bicyclic) bond motifs is 4. The lowest BCUT2D eigenvalue weighted by Gasteiger charge is -2.45. The Labute approximate surface area is 404 Å². The van der Waals surface area contributed by atoms with Gasteiger partial charge in [-0.1, -0.05) is 38.9 Å². The third-order valence-corrected chi connectivity index (χ3v) is 15.7. The number of hydrogen-bond donors (Lipinski definition) is 0. The van der Waals surface area contributed by atoms with Crippen LogP contribution in [0.2, 0.25) is 18.1 Å². The Morgan fingerprint density at radius 3 is 0.421 bits per heavy atom. The maximum Gasteiger partial charge on any atom is 0.198 e. The predicted molar refractivity (Wildman–Crippen MR) is 216 cm³/mol. The van der Waals surface area contributed by atoms with E-state index < -0.39 is 234 Å². The lowest BCUT2D eigenvalue weighted by molar-refractivity contribution is 0.412. The molecule has 8 aromatic carbocycles. The normalized spacial score (nSPS) is 12.2. The first kappa shape index (κ1) is 56.8. The van der Waals surface area contributed by atoms with Gasteiger partial charge in [-0.2, -0.15) is 0 Å². The summed E-state index contributed by atoms with van der Waals surface area (Å²) >= 11 is 0. The van der Waals surface area contributed by atoms with Crippen molar-refractivity contribution in [3.8, 4) is 0 Å². The van der Waals surface area contributed by atoms with Gasteiger partial charge in [-0.25, -0.2) is 123 Å². The van der Waals surface area contributed by atoms with Crippen LogP contribution in [-0.2, 0) is 0 Å². The molecule has 0 aromatic heterocycles. The van der Waals surface area contributed by atoms with E-state index in [1.54, 1.807) is 0 Å². The highest BCUT2D eigenvalue weighted by molar-refractivity contribution is 7.20. The van der Waals surface area contributed by atoms with E-state index in [9.17, 15) is 35.1 Å². The maximum atomic E-state index is 17.4. The minimum Gasteiger partial charge on any atom is -0.210 e. The van der Waals surface area contributed by atoms with Crippen LogP contribution in [0.3, 0.4) is 0 Å². The van der Waals surface area contributed by atoms with Gasteiger partial charge in [0.2, 0.25) is 0 Å². The SMILES string of the molecule is CC[Si](CC)CC.Fc1c(F)c(F)c2c(F)c([B-](c3c(F)c(F)c4c(F)c(F)c(F)c(F)c4c3F)(c3c(F)c(F)c4c(F)c(F)c(F)c(F)c4c3F)c3c(F)c(F)c4c(F)c(F)c(F)c(F)c4c3F)c(F)c(F)c2c1F. The molecule has 0 nitrogen and oxygen atoms in total. The Morgan fingerprint density at radius 2 is 0.303 bits per heavy atom. The highest BCUT2D eigenvalue weighted by Crippen LogP contribution is 2.41. The van der Waals surface area contributed by atoms with E-state index in [1.807, 2.05) is 0 Å². The molecule has 403 valence electrons. The maximum absolute atomic E-state index is 17.4. The molecule has 0 unspecified atom stereocenters. The van der Waals surface area contributed by atoms with Crippen molar-refractivity contribution in [2.75, 3.05) is 0 Å². The van der Waals surface area contributed by atoms with Gasteiger partial charge in [0.25, 0.3) is 0 Å². The highest BCUT2D eigenvalue weighted by atomic mass is 28.3. The summed E-state index contributed by atoms with van der Waals surface area (Å²) in [7, 11) is 0.137. The summed E-state index contributed by atoms with van der Waals surface area (Å²) in [4.78, 5) is 0. The number of benzene rings is 8. The van der Waals surface area contributed by atoms with Gasteiger partial charge in [0.15, 0.2) is 116 Å². The highest BCUT2D eigenvalue weighted by Gasteiger charge is 2.52. The van der Waals surface area contributed by atoms with Gasteiger partial charge < -0.3 is 0 Å². The van der Waals surface area contributed by atoms with Crippen molar-refractivity contribution in [1.29, 1.82) is 0 Å². The van der Waals surface area contributed by atoms with Crippen LogP contribution in [0.4, 0.5) is 123 Å². The van der Waals surface area contributed by atoms with Gasteiger partial charge in [0, 0.05) is 8.80 Å². The van der Waals surface area contributed by atoms with E-state index in [1.165, 1.54) is 18.1 Å². The average molecular weight is 1140 g/mol. The molecule has 1 radical (unpaired) electrons. The summed E-state index contributed by atoms with van der Waals surface area (Å²) in [6, 6.07) is 4.37. The summed E-state index contributed by atoms with van der Waals surface area (Å²) in [5.74, 6) is -102. The van der Waals surface area contributed by atoms with Gasteiger partial charge in [0.05, 0.1) is 43.1 Å². The molecule has 0 bridgehead atoms. The Morgan fingerprint density at radius 1 is 0.184 bits per heavy atom. The quantitative estimate of drug-likeness (QED) is 0.0646. The molecule has 0 aliphatic rings. The zero-order chi connectivity index (χ0) is 57.3. The molecule has 0 amide bonds. The van der Waals surface area contributed by atoms with E-state index in [-0.39, 0.29) is 8.80 Å². The second-order valence-electron chi connectivity index (χ2n) is 16.1. The molecule has 0 saturated carbocycles. The van der Waals surface area contributed by atoms with Crippen LogP contribution < -0.4 is 21.9 Å². The first-order valence-corrected chi connectivity index (χ1v) is 22.7. The molecule has 0 spiro atoms. The van der Waals surface area contributed by atoms with Crippen molar-refractivity contribution in [1.82, 2.24) is 0 Å². The average Bonchev–Trinajstić information content (AvgIpc) is 3.38. The lowest BCUT2D eigenvalue weighted by atomic mass is 9.12. The van der Waals surface area contributed by atoms with Crippen molar-refractivity contribution < 1.29 is 123 Å². The van der Waals surface area contributed by atoms with Crippen molar-refractivity contribution in [3.63, 3.8) is 0 Å². The zero-order valence-corrected chi connectivity index (χ0v) is 37.8. The van der Waals surface area contributed by atoms with Gasteiger partial charge in [-0.3, -0.25) is 0 Å². The van der Waals surface area contributed by atoms with E-state index in [0.717, 1.165) is 0 Å². The summed E-state index contributed by atoms with van der Waals surface area (Å²) in [6.07, 6.45) is -7.99. The molecule has 0 aliphatic carbocycles. The zero-order valence-electron chi connectivity index (χ0n) is 36.8. The molecule has 8 aromatic rings. The second kappa shape index (κ2) is 19.6. The molecular formula is C46H15BF28Si-. The first-order valence-electron chi connectivity index (χ1n) is 20.6. The number of halogens is 28. The monoisotopic (exact) mass is 1140 g/mol. The molecule has 0 atom stereocenters. The Kier molecular flexibility index (Phi) is 14.7. The van der Waals surface area contributed by atoms with E-state index in [0.29, 0.717) is 0 Å². The largest absolute Gasteiger partial charge is 0.210 e. The predicted octanol–water partition coefficient (Wildman–Crippen LogP) is 14.1. The van der Waals surface area contributed by atoms with Crippen LogP contribution >= 0.6 is 0 Å². The van der Waals surface area contributed by atoms with E-state index >= 15 is 87.8 Å². The van der Waals surface area contributed by atoms with Crippen molar-refractivity contribution in [2.24, 2.45) is 0 Å². The summed E-state index contributed by atoms with van der Waals surface area (Å²) < 4.78 is 442. The van der Waals surface area contributed by atoms with Crippen LogP contribution in [-0.4, -0.2) is 14.9 Å². The molecule has 0 fully saturated rings. The fraction of sp³-hybridized carbons (Fsp3) is 0.130. The molecule has 0 aliphatic heterocycles. The van der Waals surface area contributed by atoms with Gasteiger partial charge in [-0.05, 0) is 0 Å². The number of hydrogen-bond acceptors (Lipinski definition) is 0. The van der Waals surface area contributed by atoms with Crippen LogP contribution in [0.25, 0.3) is 43.1 Å².